The molecule has 7 heteroatoms. The van der Waals surface area contributed by atoms with Gasteiger partial charge in [0.25, 0.3) is 0 Å². The second kappa shape index (κ2) is 7.74. The quantitative estimate of drug-likeness (QED) is 0.749. The van der Waals surface area contributed by atoms with Crippen molar-refractivity contribution in [1.82, 2.24) is 19.8 Å². The molecule has 1 N–H and O–H groups in total. The van der Waals surface area contributed by atoms with E-state index >= 15 is 0 Å². The topological polar surface area (TPSA) is 63.3 Å². The first kappa shape index (κ1) is 19.5. The van der Waals surface area contributed by atoms with Crippen LogP contribution in [-0.4, -0.2) is 40.0 Å². The fraction of sp³-hybridized carbons (Fsp3) is 0.400. The number of hydrogen-bond donors (Lipinski definition) is 1. The molecule has 2 aromatic heterocycles. The van der Waals surface area contributed by atoms with Gasteiger partial charge < -0.3 is 19.2 Å². The van der Waals surface area contributed by atoms with Crippen LogP contribution in [0, 0.1) is 13.8 Å². The van der Waals surface area contributed by atoms with Gasteiger partial charge in [-0.05, 0) is 37.1 Å². The van der Waals surface area contributed by atoms with E-state index in [0.29, 0.717) is 13.0 Å². The molecule has 1 amide bonds. The van der Waals surface area contributed by atoms with Gasteiger partial charge in [-0.15, -0.1) is 12.4 Å². The fourth-order valence-corrected chi connectivity index (χ4v) is 3.67. The summed E-state index contributed by atoms with van der Waals surface area (Å²) in [6.07, 6.45) is 5.76. The summed E-state index contributed by atoms with van der Waals surface area (Å²) >= 11 is 0. The van der Waals surface area contributed by atoms with Gasteiger partial charge in [-0.1, -0.05) is 0 Å². The van der Waals surface area contributed by atoms with Crippen LogP contribution in [0.15, 0.2) is 35.2 Å². The Morgan fingerprint density at radius 2 is 2.11 bits per heavy atom. The van der Waals surface area contributed by atoms with E-state index in [2.05, 4.69) is 30.2 Å². The number of aromatic nitrogens is 2. The van der Waals surface area contributed by atoms with Crippen LogP contribution >= 0.6 is 12.4 Å². The number of carbonyl (C=O) groups is 1. The number of aryl methyl sites for hydroxylation is 3. The average molecular weight is 389 g/mol. The number of halogens is 1. The maximum atomic E-state index is 13.1. The maximum Gasteiger partial charge on any atom is 0.227 e. The van der Waals surface area contributed by atoms with Crippen molar-refractivity contribution in [2.24, 2.45) is 7.05 Å². The number of carbonyl (C=O) groups excluding carboxylic acids is 1. The molecule has 1 fully saturated rings. The predicted molar refractivity (Wildman–Crippen MR) is 107 cm³/mol. The lowest BCUT2D eigenvalue weighted by molar-refractivity contribution is -0.134. The van der Waals surface area contributed by atoms with Crippen LogP contribution in [0.5, 0.6) is 0 Å². The van der Waals surface area contributed by atoms with Crippen molar-refractivity contribution in [3.8, 4) is 0 Å². The summed E-state index contributed by atoms with van der Waals surface area (Å²) in [5.74, 6) is 1.02. The highest BCUT2D eigenvalue weighted by molar-refractivity contribution is 5.88. The Bertz CT molecular complexity index is 962. The first-order chi connectivity index (χ1) is 12.5. The van der Waals surface area contributed by atoms with Crippen LogP contribution in [0.4, 0.5) is 0 Å². The summed E-state index contributed by atoms with van der Waals surface area (Å²) in [5, 5.41) is 4.40. The van der Waals surface area contributed by atoms with Gasteiger partial charge >= 0.3 is 0 Å². The summed E-state index contributed by atoms with van der Waals surface area (Å²) < 4.78 is 7.68. The van der Waals surface area contributed by atoms with Crippen molar-refractivity contribution < 1.29 is 9.21 Å². The Labute approximate surface area is 165 Å². The van der Waals surface area contributed by atoms with Gasteiger partial charge in [-0.25, -0.2) is 4.98 Å². The largest absolute Gasteiger partial charge is 0.464 e. The van der Waals surface area contributed by atoms with Gasteiger partial charge in [0, 0.05) is 50.0 Å². The number of amides is 1. The summed E-state index contributed by atoms with van der Waals surface area (Å²) in [5.41, 5.74) is 4.20. The number of nitrogens with zero attached hydrogens (tertiary/aromatic N) is 3. The summed E-state index contributed by atoms with van der Waals surface area (Å²) in [7, 11) is 1.97. The average Bonchev–Trinajstić information content (AvgIpc) is 3.22. The zero-order chi connectivity index (χ0) is 18.3. The molecule has 0 spiro atoms. The molecule has 0 bridgehead atoms. The van der Waals surface area contributed by atoms with Crippen molar-refractivity contribution >= 4 is 29.3 Å². The van der Waals surface area contributed by atoms with E-state index in [0.717, 1.165) is 35.4 Å². The second-order valence-electron chi connectivity index (χ2n) is 7.07. The second-order valence-corrected chi connectivity index (χ2v) is 7.07. The first-order valence-corrected chi connectivity index (χ1v) is 8.99. The Kier molecular flexibility index (Phi) is 5.58. The Morgan fingerprint density at radius 3 is 2.85 bits per heavy atom. The van der Waals surface area contributed by atoms with E-state index in [4.69, 9.17) is 4.42 Å². The van der Waals surface area contributed by atoms with Crippen LogP contribution in [0.25, 0.3) is 11.0 Å². The molecule has 144 valence electrons. The van der Waals surface area contributed by atoms with Crippen molar-refractivity contribution in [2.75, 3.05) is 19.6 Å². The third-order valence-electron chi connectivity index (χ3n) is 5.33. The molecule has 1 aliphatic heterocycles. The third kappa shape index (κ3) is 3.59. The molecule has 0 radical (unpaired) electrons. The summed E-state index contributed by atoms with van der Waals surface area (Å²) in [4.78, 5) is 19.5. The number of hydrogen-bond acceptors (Lipinski definition) is 4. The number of furan rings is 1. The molecular weight excluding hydrogens is 364 g/mol. The molecular formula is C20H25ClN4O2. The van der Waals surface area contributed by atoms with Crippen LogP contribution in [-0.2, 0) is 18.3 Å². The normalized spacial score (nSPS) is 17.1. The van der Waals surface area contributed by atoms with Crippen LogP contribution < -0.4 is 5.32 Å². The van der Waals surface area contributed by atoms with E-state index in [-0.39, 0.29) is 24.4 Å². The first-order valence-electron chi connectivity index (χ1n) is 8.99. The monoisotopic (exact) mass is 388 g/mol. The molecule has 0 aliphatic carbocycles. The number of nitrogens with one attached hydrogen (secondary N) is 1. The number of rotatable bonds is 3. The number of imidazole rings is 1. The van der Waals surface area contributed by atoms with Crippen molar-refractivity contribution in [1.29, 1.82) is 0 Å². The molecule has 3 heterocycles. The lowest BCUT2D eigenvalue weighted by atomic mass is 10.0. The smallest absolute Gasteiger partial charge is 0.227 e. The van der Waals surface area contributed by atoms with Gasteiger partial charge in [-0.3, -0.25) is 4.79 Å². The minimum Gasteiger partial charge on any atom is -0.464 e. The Hall–Kier alpha value is -2.31. The number of benzene rings is 1. The molecule has 27 heavy (non-hydrogen) atoms. The van der Waals surface area contributed by atoms with Gasteiger partial charge in [-0.2, -0.15) is 0 Å². The molecule has 1 unspecified atom stereocenters. The van der Waals surface area contributed by atoms with E-state index in [1.165, 1.54) is 11.1 Å². The Balaban J connectivity index is 0.00000210. The van der Waals surface area contributed by atoms with Gasteiger partial charge in [0.05, 0.1) is 12.7 Å². The SMILES string of the molecule is Cc1cc2occ(CC(=O)N3CCNCC3c3nccn3C)c2cc1C.Cl. The highest BCUT2D eigenvalue weighted by Crippen LogP contribution is 2.27. The predicted octanol–water partition coefficient (Wildman–Crippen LogP) is 2.92. The van der Waals surface area contributed by atoms with Gasteiger partial charge in [0.2, 0.25) is 5.91 Å². The molecule has 3 aromatic rings. The minimum atomic E-state index is -0.0432. The number of fused-ring (bicyclic) bond motifs is 1. The van der Waals surface area contributed by atoms with Crippen LogP contribution in [0.2, 0.25) is 0 Å². The molecule has 6 nitrogen and oxygen atoms in total. The van der Waals surface area contributed by atoms with E-state index < -0.39 is 0 Å². The van der Waals surface area contributed by atoms with Crippen molar-refractivity contribution in [3.05, 3.63) is 53.3 Å². The van der Waals surface area contributed by atoms with Crippen molar-refractivity contribution in [3.63, 3.8) is 0 Å². The Morgan fingerprint density at radius 1 is 1.33 bits per heavy atom. The maximum absolute atomic E-state index is 13.1. The van der Waals surface area contributed by atoms with E-state index in [1.807, 2.05) is 28.8 Å². The van der Waals surface area contributed by atoms with Crippen LogP contribution in [0.1, 0.15) is 28.6 Å². The molecule has 1 aliphatic rings. The van der Waals surface area contributed by atoms with E-state index in [9.17, 15) is 4.79 Å². The van der Waals surface area contributed by atoms with Gasteiger partial charge in [0.1, 0.15) is 17.4 Å². The standard InChI is InChI=1S/C20H24N4O2.ClH/c1-13-8-16-15(12-26-18(16)9-14(13)2)10-19(25)24-7-4-21-11-17(24)20-22-5-6-23(20)3;/h5-6,8-9,12,17,21H,4,7,10-11H2,1-3H3;1H. The fourth-order valence-electron chi connectivity index (χ4n) is 3.67. The number of piperazine rings is 1. The summed E-state index contributed by atoms with van der Waals surface area (Å²) in [6.45, 7) is 6.36. The van der Waals surface area contributed by atoms with Gasteiger partial charge in [0.15, 0.2) is 0 Å². The molecule has 1 atom stereocenters. The molecule has 1 saturated heterocycles. The molecule has 1 aromatic carbocycles. The molecule has 4 rings (SSSR count). The minimum absolute atomic E-state index is 0. The lowest BCUT2D eigenvalue weighted by Gasteiger charge is -2.35. The highest BCUT2D eigenvalue weighted by Gasteiger charge is 2.30. The summed E-state index contributed by atoms with van der Waals surface area (Å²) in [6, 6.07) is 4.11. The van der Waals surface area contributed by atoms with Crippen molar-refractivity contribution in [2.45, 2.75) is 26.3 Å². The highest BCUT2D eigenvalue weighted by atomic mass is 35.5. The molecule has 0 saturated carbocycles. The lowest BCUT2D eigenvalue weighted by Crippen LogP contribution is -2.49. The zero-order valence-electron chi connectivity index (χ0n) is 15.9. The third-order valence-corrected chi connectivity index (χ3v) is 5.33. The van der Waals surface area contributed by atoms with E-state index in [1.54, 1.807) is 12.5 Å². The zero-order valence-corrected chi connectivity index (χ0v) is 16.7. The van der Waals surface area contributed by atoms with Crippen LogP contribution in [0.3, 0.4) is 0 Å².